The van der Waals surface area contributed by atoms with Gasteiger partial charge in [0, 0.05) is 6.54 Å². The molecule has 11 nitrogen and oxygen atoms in total. The predicted octanol–water partition coefficient (Wildman–Crippen LogP) is 6.47. The molecule has 0 saturated heterocycles. The van der Waals surface area contributed by atoms with Crippen molar-refractivity contribution in [2.45, 2.75) is 85.2 Å². The lowest BCUT2D eigenvalue weighted by molar-refractivity contribution is 0.0205. The molecule has 0 aromatic heterocycles. The number of esters is 1. The number of hydrogen-bond acceptors (Lipinski definition) is 9. The van der Waals surface area contributed by atoms with Crippen LogP contribution in [0.4, 0.5) is 20.1 Å². The monoisotopic (exact) mass is 626 g/mol. The molecular formula is C28H39BrN2O9. The molecule has 0 fully saturated rings. The van der Waals surface area contributed by atoms with Crippen LogP contribution in [-0.2, 0) is 18.9 Å². The lowest BCUT2D eigenvalue weighted by Crippen LogP contribution is -2.44. The highest BCUT2D eigenvalue weighted by molar-refractivity contribution is 9.10. The molecule has 0 saturated carbocycles. The summed E-state index contributed by atoms with van der Waals surface area (Å²) in [6.07, 6.45) is 0.947. The van der Waals surface area contributed by atoms with Crippen LogP contribution in [0.25, 0.3) is 0 Å². The SMILES string of the molecule is COC(=O)c1c(N(C(=O)OC(C)(C)C)C(=O)OC(C)(C)C)ccc(Br)c1OCC1C=CCN1C(=O)OC(C)(C)C. The first-order valence-electron chi connectivity index (χ1n) is 12.7. The summed E-state index contributed by atoms with van der Waals surface area (Å²) in [4.78, 5) is 54.5. The fraction of sp³-hybridized carbons (Fsp3) is 0.571. The van der Waals surface area contributed by atoms with Crippen LogP contribution in [0.3, 0.4) is 0 Å². The van der Waals surface area contributed by atoms with Crippen LogP contribution in [0.2, 0.25) is 0 Å². The minimum absolute atomic E-state index is 0.00842. The van der Waals surface area contributed by atoms with Gasteiger partial charge in [-0.3, -0.25) is 4.90 Å². The number of imide groups is 1. The van der Waals surface area contributed by atoms with Crippen molar-refractivity contribution >= 4 is 45.9 Å². The highest BCUT2D eigenvalue weighted by atomic mass is 79.9. The van der Waals surface area contributed by atoms with Crippen LogP contribution in [0.15, 0.2) is 28.8 Å². The van der Waals surface area contributed by atoms with Crippen LogP contribution < -0.4 is 9.64 Å². The van der Waals surface area contributed by atoms with E-state index in [0.29, 0.717) is 15.9 Å². The van der Waals surface area contributed by atoms with Crippen molar-refractivity contribution in [3.8, 4) is 5.75 Å². The Morgan fingerprint density at radius 1 is 0.900 bits per heavy atom. The van der Waals surface area contributed by atoms with E-state index in [1.54, 1.807) is 74.5 Å². The second-order valence-corrected chi connectivity index (χ2v) is 12.9. The first-order valence-corrected chi connectivity index (χ1v) is 13.5. The van der Waals surface area contributed by atoms with Crippen LogP contribution in [0.1, 0.15) is 72.7 Å². The van der Waals surface area contributed by atoms with Gasteiger partial charge < -0.3 is 23.7 Å². The van der Waals surface area contributed by atoms with Crippen molar-refractivity contribution in [3.63, 3.8) is 0 Å². The van der Waals surface area contributed by atoms with Gasteiger partial charge in [-0.25, -0.2) is 19.2 Å². The highest BCUT2D eigenvalue weighted by Gasteiger charge is 2.38. The Hall–Kier alpha value is -3.28. The number of carbonyl (C=O) groups is 4. The molecule has 1 aliphatic rings. The van der Waals surface area contributed by atoms with Crippen molar-refractivity contribution in [3.05, 3.63) is 34.3 Å². The maximum atomic E-state index is 13.3. The number of amides is 3. The quantitative estimate of drug-likeness (QED) is 0.206. The van der Waals surface area contributed by atoms with Crippen molar-refractivity contribution in [1.82, 2.24) is 4.90 Å². The van der Waals surface area contributed by atoms with Crippen LogP contribution in [0, 0.1) is 0 Å². The zero-order chi connectivity index (χ0) is 30.6. The molecule has 1 aliphatic heterocycles. The van der Waals surface area contributed by atoms with Gasteiger partial charge in [0.15, 0.2) is 0 Å². The smallest absolute Gasteiger partial charge is 0.424 e. The summed E-state index contributed by atoms with van der Waals surface area (Å²) < 4.78 is 27.8. The van der Waals surface area contributed by atoms with Crippen LogP contribution in [0.5, 0.6) is 5.75 Å². The van der Waals surface area contributed by atoms with E-state index >= 15 is 0 Å². The number of benzene rings is 1. The molecule has 0 radical (unpaired) electrons. The van der Waals surface area contributed by atoms with Gasteiger partial charge in [-0.2, -0.15) is 4.90 Å². The van der Waals surface area contributed by atoms with Crippen LogP contribution in [-0.4, -0.2) is 72.3 Å². The van der Waals surface area contributed by atoms with Gasteiger partial charge in [-0.05, 0) is 90.4 Å². The molecule has 1 aromatic carbocycles. The molecule has 2 rings (SSSR count). The van der Waals surface area contributed by atoms with Gasteiger partial charge in [0.05, 0.1) is 23.3 Å². The summed E-state index contributed by atoms with van der Waals surface area (Å²) in [5.41, 5.74) is -3.00. The zero-order valence-corrected chi connectivity index (χ0v) is 26.3. The van der Waals surface area contributed by atoms with Gasteiger partial charge in [0.2, 0.25) is 0 Å². The molecule has 12 heteroatoms. The first kappa shape index (κ1) is 32.9. The minimum atomic E-state index is -1.06. The fourth-order valence-electron chi connectivity index (χ4n) is 3.48. The molecule has 222 valence electrons. The number of halogens is 1. The van der Waals surface area contributed by atoms with Gasteiger partial charge in [-0.1, -0.05) is 12.2 Å². The second-order valence-electron chi connectivity index (χ2n) is 12.0. The maximum Gasteiger partial charge on any atom is 0.424 e. The number of rotatable bonds is 5. The Morgan fingerprint density at radius 2 is 1.43 bits per heavy atom. The van der Waals surface area contributed by atoms with E-state index in [1.807, 2.05) is 0 Å². The molecule has 0 N–H and O–H groups in total. The van der Waals surface area contributed by atoms with Crippen molar-refractivity contribution < 1.29 is 42.9 Å². The molecule has 1 heterocycles. The van der Waals surface area contributed by atoms with Gasteiger partial charge in [0.1, 0.15) is 34.7 Å². The first-order chi connectivity index (χ1) is 18.2. The summed E-state index contributed by atoms with van der Waals surface area (Å²) in [7, 11) is 1.16. The Morgan fingerprint density at radius 3 is 1.90 bits per heavy atom. The molecule has 0 spiro atoms. The van der Waals surface area contributed by atoms with E-state index in [9.17, 15) is 19.2 Å². The van der Waals surface area contributed by atoms with Crippen molar-refractivity contribution in [2.24, 2.45) is 0 Å². The average molecular weight is 628 g/mol. The number of anilines is 1. The Bertz CT molecular complexity index is 1130. The normalized spacial score (nSPS) is 15.4. The molecule has 1 aromatic rings. The Labute approximate surface area is 243 Å². The van der Waals surface area contributed by atoms with Crippen molar-refractivity contribution in [2.75, 3.05) is 25.2 Å². The molecule has 0 bridgehead atoms. The number of hydrogen-bond donors (Lipinski definition) is 0. The molecule has 0 aliphatic carbocycles. The largest absolute Gasteiger partial charge is 0.489 e. The fourth-order valence-corrected chi connectivity index (χ4v) is 3.92. The summed E-state index contributed by atoms with van der Waals surface area (Å²) in [5.74, 6) is -0.889. The second kappa shape index (κ2) is 12.5. The van der Waals surface area contributed by atoms with Gasteiger partial charge >= 0.3 is 24.2 Å². The molecular weight excluding hydrogens is 588 g/mol. The number of carbonyl (C=O) groups excluding carboxylic acids is 4. The van der Waals surface area contributed by atoms with E-state index in [0.717, 1.165) is 7.11 Å². The minimum Gasteiger partial charge on any atom is -0.489 e. The average Bonchev–Trinajstić information content (AvgIpc) is 3.24. The van der Waals surface area contributed by atoms with E-state index in [2.05, 4.69) is 15.9 Å². The predicted molar refractivity (Wildman–Crippen MR) is 152 cm³/mol. The van der Waals surface area contributed by atoms with Gasteiger partial charge in [0.25, 0.3) is 0 Å². The summed E-state index contributed by atoms with van der Waals surface area (Å²) in [6, 6.07) is 2.37. The van der Waals surface area contributed by atoms with Crippen LogP contribution >= 0.6 is 15.9 Å². The topological polar surface area (TPSA) is 121 Å². The summed E-state index contributed by atoms with van der Waals surface area (Å²) in [5, 5.41) is 0. The third-order valence-corrected chi connectivity index (χ3v) is 5.58. The molecule has 1 atom stereocenters. The Balaban J connectivity index is 2.55. The summed E-state index contributed by atoms with van der Waals surface area (Å²) >= 11 is 3.39. The van der Waals surface area contributed by atoms with Crippen molar-refractivity contribution in [1.29, 1.82) is 0 Å². The van der Waals surface area contributed by atoms with E-state index in [1.165, 1.54) is 17.0 Å². The number of ether oxygens (including phenoxy) is 5. The lowest BCUT2D eigenvalue weighted by Gasteiger charge is -2.30. The number of methoxy groups -OCH3 is 1. The molecule has 3 amide bonds. The lowest BCUT2D eigenvalue weighted by atomic mass is 10.1. The third kappa shape index (κ3) is 9.14. The molecule has 1 unspecified atom stereocenters. The maximum absolute atomic E-state index is 13.3. The van der Waals surface area contributed by atoms with Gasteiger partial charge in [-0.15, -0.1) is 0 Å². The third-order valence-electron chi connectivity index (χ3n) is 4.96. The standard InChI is InChI=1S/C28H39BrN2O9/c1-26(2,3)38-23(33)30-15-11-12-17(30)16-37-21-18(29)13-14-19(20(21)22(32)36-10)31(24(34)39-27(4,5)6)25(35)40-28(7,8)9/h11-14,17H,15-16H2,1-10H3. The molecule has 40 heavy (non-hydrogen) atoms. The highest BCUT2D eigenvalue weighted by Crippen LogP contribution is 2.38. The number of nitrogens with zero attached hydrogens (tertiary/aromatic N) is 2. The van der Waals surface area contributed by atoms with E-state index in [4.69, 9.17) is 23.7 Å². The van der Waals surface area contributed by atoms with E-state index < -0.39 is 47.1 Å². The van der Waals surface area contributed by atoms with E-state index in [-0.39, 0.29) is 23.6 Å². The Kier molecular flexibility index (Phi) is 10.3. The zero-order valence-electron chi connectivity index (χ0n) is 24.7. The summed E-state index contributed by atoms with van der Waals surface area (Å²) in [6.45, 7) is 15.4.